The number of anilines is 1. The number of aliphatic carboxylic acids is 1. The molecule has 0 bridgehead atoms. The molecule has 1 aliphatic rings. The SMILES string of the molecule is CCC1(C(=O)O)CCN(c2ccccc2[N+](=O)[O-])C1. The van der Waals surface area contributed by atoms with Crippen LogP contribution >= 0.6 is 0 Å². The van der Waals surface area contributed by atoms with Gasteiger partial charge in [-0.15, -0.1) is 0 Å². The summed E-state index contributed by atoms with van der Waals surface area (Å²) in [6.07, 6.45) is 1.05. The first-order chi connectivity index (χ1) is 9.00. The van der Waals surface area contributed by atoms with Crippen molar-refractivity contribution >= 4 is 17.3 Å². The largest absolute Gasteiger partial charge is 0.481 e. The molecule has 0 aliphatic carbocycles. The minimum atomic E-state index is -0.823. The molecular weight excluding hydrogens is 248 g/mol. The van der Waals surface area contributed by atoms with Crippen molar-refractivity contribution in [3.05, 3.63) is 34.4 Å². The fraction of sp³-hybridized carbons (Fsp3) is 0.462. The lowest BCUT2D eigenvalue weighted by atomic mass is 9.84. The molecule has 1 aromatic rings. The topological polar surface area (TPSA) is 83.7 Å². The number of carbonyl (C=O) groups is 1. The monoisotopic (exact) mass is 264 g/mol. The number of benzene rings is 1. The molecule has 1 heterocycles. The summed E-state index contributed by atoms with van der Waals surface area (Å²) in [4.78, 5) is 23.8. The third kappa shape index (κ3) is 2.25. The van der Waals surface area contributed by atoms with Crippen molar-refractivity contribution in [2.45, 2.75) is 19.8 Å². The van der Waals surface area contributed by atoms with Gasteiger partial charge in [-0.3, -0.25) is 14.9 Å². The van der Waals surface area contributed by atoms with Crippen molar-refractivity contribution in [1.29, 1.82) is 0 Å². The first kappa shape index (κ1) is 13.3. The Kier molecular flexibility index (Phi) is 3.42. The molecule has 0 aromatic heterocycles. The summed E-state index contributed by atoms with van der Waals surface area (Å²) < 4.78 is 0. The van der Waals surface area contributed by atoms with Gasteiger partial charge in [0.2, 0.25) is 0 Å². The molecule has 6 heteroatoms. The molecule has 102 valence electrons. The molecule has 19 heavy (non-hydrogen) atoms. The maximum absolute atomic E-state index is 11.4. The lowest BCUT2D eigenvalue weighted by Crippen LogP contribution is -2.34. The Hall–Kier alpha value is -2.11. The van der Waals surface area contributed by atoms with Crippen molar-refractivity contribution in [3.8, 4) is 0 Å². The van der Waals surface area contributed by atoms with E-state index in [2.05, 4.69) is 0 Å². The van der Waals surface area contributed by atoms with Crippen LogP contribution in [-0.2, 0) is 4.79 Å². The zero-order valence-electron chi connectivity index (χ0n) is 10.7. The Morgan fingerprint density at radius 2 is 2.21 bits per heavy atom. The molecular formula is C13H16N2O4. The quantitative estimate of drug-likeness (QED) is 0.666. The fourth-order valence-electron chi connectivity index (χ4n) is 2.58. The minimum absolute atomic E-state index is 0.0276. The zero-order chi connectivity index (χ0) is 14.0. The van der Waals surface area contributed by atoms with Crippen LogP contribution in [0.4, 0.5) is 11.4 Å². The zero-order valence-corrected chi connectivity index (χ0v) is 10.7. The summed E-state index contributed by atoms with van der Waals surface area (Å²) in [7, 11) is 0. The van der Waals surface area contributed by atoms with Gasteiger partial charge in [-0.25, -0.2) is 0 Å². The third-order valence-electron chi connectivity index (χ3n) is 3.90. The highest BCUT2D eigenvalue weighted by atomic mass is 16.6. The second kappa shape index (κ2) is 4.87. The van der Waals surface area contributed by atoms with Gasteiger partial charge in [0.25, 0.3) is 5.69 Å². The fourth-order valence-corrected chi connectivity index (χ4v) is 2.58. The summed E-state index contributed by atoms with van der Waals surface area (Å²) in [5, 5.41) is 20.4. The van der Waals surface area contributed by atoms with Gasteiger partial charge in [-0.05, 0) is 18.9 Å². The van der Waals surface area contributed by atoms with Gasteiger partial charge in [-0.2, -0.15) is 0 Å². The van der Waals surface area contributed by atoms with Crippen LogP contribution in [0, 0.1) is 15.5 Å². The smallest absolute Gasteiger partial charge is 0.311 e. The van der Waals surface area contributed by atoms with Gasteiger partial charge < -0.3 is 10.0 Å². The second-order valence-electron chi connectivity index (χ2n) is 4.86. The predicted octanol–water partition coefficient (Wildman–Crippen LogP) is 2.29. The van der Waals surface area contributed by atoms with Gasteiger partial charge in [0.15, 0.2) is 0 Å². The molecule has 1 aromatic carbocycles. The minimum Gasteiger partial charge on any atom is -0.481 e. The molecule has 1 unspecified atom stereocenters. The first-order valence-corrected chi connectivity index (χ1v) is 6.22. The first-order valence-electron chi connectivity index (χ1n) is 6.22. The van der Waals surface area contributed by atoms with E-state index in [0.717, 1.165) is 0 Å². The molecule has 0 radical (unpaired) electrons. The van der Waals surface area contributed by atoms with Crippen molar-refractivity contribution in [3.63, 3.8) is 0 Å². The molecule has 1 aliphatic heterocycles. The highest BCUT2D eigenvalue weighted by Gasteiger charge is 2.44. The van der Waals surface area contributed by atoms with E-state index in [4.69, 9.17) is 0 Å². The molecule has 0 saturated carbocycles. The van der Waals surface area contributed by atoms with E-state index < -0.39 is 16.3 Å². The number of nitro benzene ring substituents is 1. The number of para-hydroxylation sites is 2. The van der Waals surface area contributed by atoms with Gasteiger partial charge in [0.1, 0.15) is 5.69 Å². The summed E-state index contributed by atoms with van der Waals surface area (Å²) in [5.41, 5.74) is -0.257. The lowest BCUT2D eigenvalue weighted by molar-refractivity contribution is -0.384. The summed E-state index contributed by atoms with van der Waals surface area (Å²) in [5.74, 6) is -0.823. The molecule has 0 spiro atoms. The molecule has 0 amide bonds. The number of carboxylic acid groups (broad SMARTS) is 1. The van der Waals surface area contributed by atoms with Crippen molar-refractivity contribution in [2.75, 3.05) is 18.0 Å². The van der Waals surface area contributed by atoms with Gasteiger partial charge in [-0.1, -0.05) is 19.1 Å². The molecule has 1 N–H and O–H groups in total. The van der Waals surface area contributed by atoms with Crippen molar-refractivity contribution < 1.29 is 14.8 Å². The highest BCUT2D eigenvalue weighted by Crippen LogP contribution is 2.39. The Labute approximate surface area is 110 Å². The van der Waals surface area contributed by atoms with E-state index in [1.165, 1.54) is 6.07 Å². The highest BCUT2D eigenvalue weighted by molar-refractivity contribution is 5.77. The summed E-state index contributed by atoms with van der Waals surface area (Å²) in [6, 6.07) is 6.46. The lowest BCUT2D eigenvalue weighted by Gasteiger charge is -2.24. The van der Waals surface area contributed by atoms with Crippen LogP contribution in [-0.4, -0.2) is 29.1 Å². The van der Waals surface area contributed by atoms with E-state index in [1.807, 2.05) is 6.92 Å². The number of nitrogens with zero attached hydrogens (tertiary/aromatic N) is 2. The van der Waals surface area contributed by atoms with Crippen LogP contribution < -0.4 is 4.90 Å². The molecule has 6 nitrogen and oxygen atoms in total. The van der Waals surface area contributed by atoms with E-state index in [0.29, 0.717) is 31.6 Å². The number of nitro groups is 1. The Bertz CT molecular complexity index is 517. The Balaban J connectivity index is 2.31. The predicted molar refractivity (Wildman–Crippen MR) is 70.3 cm³/mol. The van der Waals surface area contributed by atoms with Gasteiger partial charge in [0, 0.05) is 19.2 Å². The Morgan fingerprint density at radius 3 is 2.74 bits per heavy atom. The van der Waals surface area contributed by atoms with Crippen LogP contribution in [0.3, 0.4) is 0 Å². The van der Waals surface area contributed by atoms with Crippen LogP contribution in [0.1, 0.15) is 19.8 Å². The molecule has 1 fully saturated rings. The average Bonchev–Trinajstić information content (AvgIpc) is 2.84. The molecule has 1 atom stereocenters. The van der Waals surface area contributed by atoms with Crippen LogP contribution in [0.5, 0.6) is 0 Å². The van der Waals surface area contributed by atoms with E-state index in [-0.39, 0.29) is 5.69 Å². The van der Waals surface area contributed by atoms with Crippen LogP contribution in [0.2, 0.25) is 0 Å². The van der Waals surface area contributed by atoms with E-state index in [1.54, 1.807) is 23.1 Å². The number of hydrogen-bond donors (Lipinski definition) is 1. The number of rotatable bonds is 4. The van der Waals surface area contributed by atoms with E-state index in [9.17, 15) is 20.0 Å². The molecule has 1 saturated heterocycles. The van der Waals surface area contributed by atoms with Crippen LogP contribution in [0.15, 0.2) is 24.3 Å². The molecule has 2 rings (SSSR count). The number of carboxylic acids is 1. The summed E-state index contributed by atoms with van der Waals surface area (Å²) in [6.45, 7) is 2.70. The Morgan fingerprint density at radius 1 is 1.53 bits per heavy atom. The van der Waals surface area contributed by atoms with Crippen LogP contribution in [0.25, 0.3) is 0 Å². The third-order valence-corrected chi connectivity index (χ3v) is 3.90. The maximum atomic E-state index is 11.4. The van der Waals surface area contributed by atoms with Gasteiger partial charge >= 0.3 is 5.97 Å². The van der Waals surface area contributed by atoms with Crippen molar-refractivity contribution in [1.82, 2.24) is 0 Å². The van der Waals surface area contributed by atoms with Gasteiger partial charge in [0.05, 0.1) is 10.3 Å². The van der Waals surface area contributed by atoms with Crippen molar-refractivity contribution in [2.24, 2.45) is 5.41 Å². The summed E-state index contributed by atoms with van der Waals surface area (Å²) >= 11 is 0. The normalized spacial score (nSPS) is 22.5. The number of hydrogen-bond acceptors (Lipinski definition) is 4. The maximum Gasteiger partial charge on any atom is 0.311 e. The van der Waals surface area contributed by atoms with E-state index >= 15 is 0 Å². The standard InChI is InChI=1S/C13H16N2O4/c1-2-13(12(16)17)7-8-14(9-13)10-5-3-4-6-11(10)15(18)19/h3-6H,2,7-9H2,1H3,(H,16,17). The average molecular weight is 264 g/mol. The second-order valence-corrected chi connectivity index (χ2v) is 4.86.